The molecule has 0 spiro atoms. The number of hydrogen-bond donors (Lipinski definition) is 1. The van der Waals surface area contributed by atoms with Gasteiger partial charge in [-0.05, 0) is 62.1 Å². The molecule has 2 nitrogen and oxygen atoms in total. The van der Waals surface area contributed by atoms with Crippen molar-refractivity contribution in [2.24, 2.45) is 0 Å². The van der Waals surface area contributed by atoms with Crippen LogP contribution in [0, 0.1) is 27.7 Å². The van der Waals surface area contributed by atoms with Gasteiger partial charge in [0, 0.05) is 12.2 Å². The van der Waals surface area contributed by atoms with E-state index in [0.29, 0.717) is 6.61 Å². The number of anilines is 1. The van der Waals surface area contributed by atoms with Gasteiger partial charge in [0.05, 0.1) is 0 Å². The van der Waals surface area contributed by atoms with Crippen molar-refractivity contribution in [2.75, 3.05) is 18.5 Å². The molecule has 0 amide bonds. The van der Waals surface area contributed by atoms with Gasteiger partial charge in [0.25, 0.3) is 0 Å². The van der Waals surface area contributed by atoms with Crippen molar-refractivity contribution < 1.29 is 4.74 Å². The number of aryl methyl sites for hydroxylation is 4. The molecule has 0 unspecified atom stereocenters. The molecular formula is C18H23NO. The molecule has 0 saturated heterocycles. The van der Waals surface area contributed by atoms with Crippen LogP contribution in [0.15, 0.2) is 36.4 Å². The lowest BCUT2D eigenvalue weighted by Gasteiger charge is -2.13. The molecule has 2 aromatic rings. The maximum Gasteiger partial charge on any atom is 0.122 e. The average molecular weight is 269 g/mol. The molecule has 0 aliphatic carbocycles. The minimum Gasteiger partial charge on any atom is -0.491 e. The standard InChI is InChI=1S/C18H23NO/c1-13-5-7-15(3)17(11-13)19-9-10-20-18-12-14(2)6-8-16(18)4/h5-8,11-12,19H,9-10H2,1-4H3. The highest BCUT2D eigenvalue weighted by Gasteiger charge is 2.01. The third-order valence-electron chi connectivity index (χ3n) is 3.41. The van der Waals surface area contributed by atoms with Gasteiger partial charge in [0.15, 0.2) is 0 Å². The van der Waals surface area contributed by atoms with Crippen molar-refractivity contribution in [2.45, 2.75) is 27.7 Å². The van der Waals surface area contributed by atoms with Crippen molar-refractivity contribution in [1.82, 2.24) is 0 Å². The first-order chi connectivity index (χ1) is 9.56. The van der Waals surface area contributed by atoms with Crippen molar-refractivity contribution in [3.8, 4) is 5.75 Å². The first-order valence-corrected chi connectivity index (χ1v) is 7.07. The lowest BCUT2D eigenvalue weighted by atomic mass is 10.1. The normalized spacial score (nSPS) is 10.4. The van der Waals surface area contributed by atoms with Crippen molar-refractivity contribution in [1.29, 1.82) is 0 Å². The number of nitrogens with one attached hydrogen (secondary N) is 1. The largest absolute Gasteiger partial charge is 0.491 e. The van der Waals surface area contributed by atoms with Crippen molar-refractivity contribution >= 4 is 5.69 Å². The molecule has 20 heavy (non-hydrogen) atoms. The maximum absolute atomic E-state index is 5.85. The Morgan fingerprint density at radius 1 is 0.850 bits per heavy atom. The summed E-state index contributed by atoms with van der Waals surface area (Å²) in [6.45, 7) is 9.85. The molecule has 0 aromatic heterocycles. The summed E-state index contributed by atoms with van der Waals surface area (Å²) in [7, 11) is 0. The minimum atomic E-state index is 0.664. The Morgan fingerprint density at radius 3 is 2.25 bits per heavy atom. The summed E-state index contributed by atoms with van der Waals surface area (Å²) in [4.78, 5) is 0. The van der Waals surface area contributed by atoms with Gasteiger partial charge in [0.1, 0.15) is 12.4 Å². The second-order valence-corrected chi connectivity index (χ2v) is 5.36. The Labute approximate surface area is 121 Å². The zero-order valence-corrected chi connectivity index (χ0v) is 12.8. The van der Waals surface area contributed by atoms with Crippen LogP contribution in [0.5, 0.6) is 5.75 Å². The monoisotopic (exact) mass is 269 g/mol. The van der Waals surface area contributed by atoms with Crippen molar-refractivity contribution in [3.63, 3.8) is 0 Å². The maximum atomic E-state index is 5.85. The van der Waals surface area contributed by atoms with Gasteiger partial charge in [-0.15, -0.1) is 0 Å². The first kappa shape index (κ1) is 14.4. The van der Waals surface area contributed by atoms with Crippen LogP contribution in [0.3, 0.4) is 0 Å². The number of hydrogen-bond acceptors (Lipinski definition) is 2. The van der Waals surface area contributed by atoms with Gasteiger partial charge in [-0.2, -0.15) is 0 Å². The first-order valence-electron chi connectivity index (χ1n) is 7.07. The number of rotatable bonds is 5. The molecule has 2 rings (SSSR count). The molecule has 0 heterocycles. The average Bonchev–Trinajstić information content (AvgIpc) is 2.42. The zero-order chi connectivity index (χ0) is 14.5. The van der Waals surface area contributed by atoms with E-state index in [1.807, 2.05) is 0 Å². The third-order valence-corrected chi connectivity index (χ3v) is 3.41. The lowest BCUT2D eigenvalue weighted by Crippen LogP contribution is -2.12. The van der Waals surface area contributed by atoms with E-state index in [0.717, 1.165) is 12.3 Å². The Balaban J connectivity index is 1.87. The van der Waals surface area contributed by atoms with Crippen LogP contribution in [0.1, 0.15) is 22.3 Å². The second kappa shape index (κ2) is 6.47. The summed E-state index contributed by atoms with van der Waals surface area (Å²) in [5.74, 6) is 0.979. The second-order valence-electron chi connectivity index (χ2n) is 5.36. The molecular weight excluding hydrogens is 246 g/mol. The van der Waals surface area contributed by atoms with E-state index in [-0.39, 0.29) is 0 Å². The molecule has 0 radical (unpaired) electrons. The number of ether oxygens (including phenoxy) is 1. The fourth-order valence-corrected chi connectivity index (χ4v) is 2.14. The minimum absolute atomic E-state index is 0.664. The highest BCUT2D eigenvalue weighted by Crippen LogP contribution is 2.19. The molecule has 0 aliphatic rings. The van der Waals surface area contributed by atoms with Gasteiger partial charge in [0.2, 0.25) is 0 Å². The number of benzene rings is 2. The Kier molecular flexibility index (Phi) is 4.67. The molecule has 2 aromatic carbocycles. The molecule has 1 N–H and O–H groups in total. The Bertz CT molecular complexity index is 536. The van der Waals surface area contributed by atoms with E-state index in [1.54, 1.807) is 0 Å². The summed E-state index contributed by atoms with van der Waals surface area (Å²) < 4.78 is 5.85. The zero-order valence-electron chi connectivity index (χ0n) is 12.8. The molecule has 0 fully saturated rings. The van der Waals surface area contributed by atoms with E-state index in [4.69, 9.17) is 4.74 Å². The van der Waals surface area contributed by atoms with E-state index in [2.05, 4.69) is 69.4 Å². The highest BCUT2D eigenvalue weighted by atomic mass is 16.5. The summed E-state index contributed by atoms with van der Waals surface area (Å²) in [6, 6.07) is 12.7. The van der Waals surface area contributed by atoms with Gasteiger partial charge in [-0.25, -0.2) is 0 Å². The predicted molar refractivity (Wildman–Crippen MR) is 85.8 cm³/mol. The summed E-state index contributed by atoms with van der Waals surface area (Å²) >= 11 is 0. The van der Waals surface area contributed by atoms with Crippen LogP contribution in [-0.2, 0) is 0 Å². The van der Waals surface area contributed by atoms with E-state index < -0.39 is 0 Å². The van der Waals surface area contributed by atoms with E-state index >= 15 is 0 Å². The smallest absolute Gasteiger partial charge is 0.122 e. The van der Waals surface area contributed by atoms with Crippen LogP contribution in [0.25, 0.3) is 0 Å². The van der Waals surface area contributed by atoms with Crippen LogP contribution in [0.4, 0.5) is 5.69 Å². The van der Waals surface area contributed by atoms with Crippen LogP contribution in [0.2, 0.25) is 0 Å². The Hall–Kier alpha value is -1.96. The fourth-order valence-electron chi connectivity index (χ4n) is 2.14. The Morgan fingerprint density at radius 2 is 1.50 bits per heavy atom. The lowest BCUT2D eigenvalue weighted by molar-refractivity contribution is 0.330. The molecule has 2 heteroatoms. The third kappa shape index (κ3) is 3.77. The fraction of sp³-hybridized carbons (Fsp3) is 0.333. The van der Waals surface area contributed by atoms with Gasteiger partial charge in [-0.3, -0.25) is 0 Å². The summed E-state index contributed by atoms with van der Waals surface area (Å²) in [5.41, 5.74) is 6.14. The van der Waals surface area contributed by atoms with Gasteiger partial charge in [-0.1, -0.05) is 24.3 Å². The quantitative estimate of drug-likeness (QED) is 0.812. The van der Waals surface area contributed by atoms with Gasteiger partial charge >= 0.3 is 0 Å². The van der Waals surface area contributed by atoms with Crippen LogP contribution in [-0.4, -0.2) is 13.2 Å². The van der Waals surface area contributed by atoms with Crippen LogP contribution < -0.4 is 10.1 Å². The molecule has 0 bridgehead atoms. The molecule has 0 aliphatic heterocycles. The summed E-state index contributed by atoms with van der Waals surface area (Å²) in [5, 5.41) is 3.43. The molecule has 106 valence electrons. The van der Waals surface area contributed by atoms with E-state index in [9.17, 15) is 0 Å². The van der Waals surface area contributed by atoms with Crippen molar-refractivity contribution in [3.05, 3.63) is 58.7 Å². The topological polar surface area (TPSA) is 21.3 Å². The molecule has 0 atom stereocenters. The SMILES string of the molecule is Cc1ccc(C)c(NCCOc2cc(C)ccc2C)c1. The van der Waals surface area contributed by atoms with Crippen LogP contribution >= 0.6 is 0 Å². The van der Waals surface area contributed by atoms with Gasteiger partial charge < -0.3 is 10.1 Å². The van der Waals surface area contributed by atoms with E-state index in [1.165, 1.54) is 27.9 Å². The summed E-state index contributed by atoms with van der Waals surface area (Å²) in [6.07, 6.45) is 0. The highest BCUT2D eigenvalue weighted by molar-refractivity contribution is 5.52. The predicted octanol–water partition coefficient (Wildman–Crippen LogP) is 4.41. The molecule has 0 saturated carbocycles.